The summed E-state index contributed by atoms with van der Waals surface area (Å²) in [4.78, 5) is 13.1. The fourth-order valence-corrected chi connectivity index (χ4v) is 4.71. The van der Waals surface area contributed by atoms with E-state index in [1.54, 1.807) is 12.1 Å². The third-order valence-corrected chi connectivity index (χ3v) is 7.14. The maximum atomic E-state index is 10.8. The van der Waals surface area contributed by atoms with Gasteiger partial charge >= 0.3 is 5.97 Å². The number of rotatable bonds is 10. The highest BCUT2D eigenvalue weighted by Gasteiger charge is 2.17. The van der Waals surface area contributed by atoms with E-state index in [0.29, 0.717) is 29.0 Å². The van der Waals surface area contributed by atoms with Gasteiger partial charge in [-0.3, -0.25) is 4.90 Å². The van der Waals surface area contributed by atoms with Crippen molar-refractivity contribution in [3.05, 3.63) is 100 Å². The molecule has 1 aliphatic rings. The van der Waals surface area contributed by atoms with Crippen LogP contribution in [0.1, 0.15) is 35.1 Å². The number of benzene rings is 3. The lowest BCUT2D eigenvalue weighted by Crippen LogP contribution is -2.34. The number of aryl methyl sites for hydroxylation is 1. The number of hydrogen-bond donors (Lipinski definition) is 2. The van der Waals surface area contributed by atoms with Gasteiger partial charge in [-0.25, -0.2) is 4.79 Å². The first kappa shape index (κ1) is 29.2. The molecule has 0 bridgehead atoms. The van der Waals surface area contributed by atoms with E-state index in [-0.39, 0.29) is 13.2 Å². The number of hydrogen-bond acceptors (Lipinski definition) is 5. The fraction of sp³-hybridized carbons (Fsp3) is 0.303. The molecule has 0 amide bonds. The highest BCUT2D eigenvalue weighted by molar-refractivity contribution is 6.30. The number of carboxylic acid groups (broad SMARTS) is 1. The molecule has 7 heteroatoms. The first-order chi connectivity index (χ1) is 19.4. The summed E-state index contributed by atoms with van der Waals surface area (Å²) in [6.07, 6.45) is 4.09. The molecule has 3 aromatic rings. The Morgan fingerprint density at radius 3 is 2.33 bits per heavy atom. The molecular weight excluding hydrogens is 526 g/mol. The second kappa shape index (κ2) is 14.6. The van der Waals surface area contributed by atoms with Crippen molar-refractivity contribution in [2.24, 2.45) is 5.92 Å². The van der Waals surface area contributed by atoms with Crippen LogP contribution in [0.5, 0.6) is 11.5 Å². The monoisotopic (exact) mass is 559 g/mol. The van der Waals surface area contributed by atoms with E-state index in [2.05, 4.69) is 28.9 Å². The minimum Gasteiger partial charge on any atom is -0.489 e. The van der Waals surface area contributed by atoms with Crippen LogP contribution in [0.15, 0.2) is 72.8 Å². The van der Waals surface area contributed by atoms with Gasteiger partial charge < -0.3 is 19.7 Å². The second-order valence-electron chi connectivity index (χ2n) is 9.83. The Balaban J connectivity index is 1.43. The number of aliphatic hydroxyl groups is 1. The summed E-state index contributed by atoms with van der Waals surface area (Å²) < 4.78 is 11.3. The Bertz CT molecular complexity index is 1360. The summed E-state index contributed by atoms with van der Waals surface area (Å²) in [6.45, 7) is 4.78. The highest BCUT2D eigenvalue weighted by atomic mass is 35.5. The summed E-state index contributed by atoms with van der Waals surface area (Å²) in [6, 6.07) is 21.2. The lowest BCUT2D eigenvalue weighted by molar-refractivity contribution is -0.139. The lowest BCUT2D eigenvalue weighted by atomic mass is 9.97. The maximum Gasteiger partial charge on any atom is 0.341 e. The molecule has 3 aromatic carbocycles. The van der Waals surface area contributed by atoms with Crippen LogP contribution in [0.25, 0.3) is 5.57 Å². The molecule has 40 heavy (non-hydrogen) atoms. The van der Waals surface area contributed by atoms with Crippen LogP contribution in [0.4, 0.5) is 0 Å². The number of nitrogens with zero attached hydrogens (tertiary/aromatic N) is 1. The predicted molar refractivity (Wildman–Crippen MR) is 158 cm³/mol. The van der Waals surface area contributed by atoms with Crippen molar-refractivity contribution in [3.8, 4) is 23.3 Å². The molecule has 2 N–H and O–H groups in total. The lowest BCUT2D eigenvalue weighted by Gasteiger charge is -2.29. The summed E-state index contributed by atoms with van der Waals surface area (Å²) in [7, 11) is 0. The van der Waals surface area contributed by atoms with Crippen molar-refractivity contribution in [1.82, 2.24) is 4.90 Å². The summed E-state index contributed by atoms with van der Waals surface area (Å²) in [5.41, 5.74) is 4.83. The Hall–Kier alpha value is -3.76. The molecule has 1 aliphatic heterocycles. The van der Waals surface area contributed by atoms with Crippen LogP contribution in [-0.4, -0.2) is 60.5 Å². The van der Waals surface area contributed by atoms with Crippen molar-refractivity contribution >= 4 is 23.1 Å². The van der Waals surface area contributed by atoms with Gasteiger partial charge in [0.05, 0.1) is 6.54 Å². The maximum absolute atomic E-state index is 10.8. The molecule has 0 aromatic heterocycles. The predicted octanol–water partition coefficient (Wildman–Crippen LogP) is 5.68. The van der Waals surface area contributed by atoms with E-state index in [1.807, 2.05) is 55.5 Å². The fourth-order valence-electron chi connectivity index (χ4n) is 4.58. The van der Waals surface area contributed by atoms with Crippen LogP contribution in [-0.2, 0) is 4.79 Å². The van der Waals surface area contributed by atoms with Crippen LogP contribution < -0.4 is 9.47 Å². The number of halogens is 1. The van der Waals surface area contributed by atoms with Crippen LogP contribution >= 0.6 is 11.6 Å². The third-order valence-electron chi connectivity index (χ3n) is 6.89. The number of likely N-dealkylation sites (tertiary alicyclic amines) is 1. The van der Waals surface area contributed by atoms with Gasteiger partial charge in [0.1, 0.15) is 18.1 Å². The Labute approximate surface area is 240 Å². The molecule has 0 atom stereocenters. The van der Waals surface area contributed by atoms with E-state index in [1.165, 1.54) is 0 Å². The van der Waals surface area contributed by atoms with E-state index in [9.17, 15) is 9.90 Å². The molecular formula is C33H34ClNO5. The van der Waals surface area contributed by atoms with Crippen LogP contribution in [0, 0.1) is 24.7 Å². The van der Waals surface area contributed by atoms with Crippen LogP contribution in [0.3, 0.4) is 0 Å². The van der Waals surface area contributed by atoms with E-state index in [4.69, 9.17) is 26.2 Å². The number of piperidine rings is 1. The standard InChI is InChI=1S/C33H34ClNO5/c1-24-21-30(12-13-32(24)40-23-33(37)38)39-20-16-31(28-8-10-29(34)11-9-28)27-6-4-25(5-7-27)3-2-17-35-18-14-26(22-36)15-19-35/h4-13,16,21,26,36H,14-15,17-20,22-23H2,1H3,(H,37,38)/b31-16-. The van der Waals surface area contributed by atoms with Crippen molar-refractivity contribution in [1.29, 1.82) is 0 Å². The number of aliphatic carboxylic acids is 1. The number of carboxylic acids is 1. The first-order valence-electron chi connectivity index (χ1n) is 13.4. The van der Waals surface area contributed by atoms with E-state index < -0.39 is 5.97 Å². The quantitative estimate of drug-likeness (QED) is 0.311. The van der Waals surface area contributed by atoms with Crippen LogP contribution in [0.2, 0.25) is 5.02 Å². The first-order valence-corrected chi connectivity index (χ1v) is 13.8. The molecule has 1 heterocycles. The minimum atomic E-state index is -1.02. The van der Waals surface area contributed by atoms with Gasteiger partial charge in [0.25, 0.3) is 0 Å². The van der Waals surface area contributed by atoms with Gasteiger partial charge in [-0.15, -0.1) is 0 Å². The van der Waals surface area contributed by atoms with Gasteiger partial charge in [-0.2, -0.15) is 0 Å². The zero-order chi connectivity index (χ0) is 28.3. The number of ether oxygens (including phenoxy) is 2. The molecule has 1 fully saturated rings. The molecule has 1 saturated heterocycles. The zero-order valence-corrected chi connectivity index (χ0v) is 23.4. The van der Waals surface area contributed by atoms with Gasteiger partial charge in [0.15, 0.2) is 6.61 Å². The van der Waals surface area contributed by atoms with Crippen molar-refractivity contribution in [2.45, 2.75) is 19.8 Å². The SMILES string of the molecule is Cc1cc(OC/C=C(\c2ccc(Cl)cc2)c2ccc(C#CCN3CCC(CO)CC3)cc2)ccc1OCC(=O)O. The second-order valence-corrected chi connectivity index (χ2v) is 10.3. The van der Waals surface area contributed by atoms with E-state index in [0.717, 1.165) is 60.3 Å². The highest BCUT2D eigenvalue weighted by Crippen LogP contribution is 2.27. The van der Waals surface area contributed by atoms with Crippen molar-refractivity contribution in [3.63, 3.8) is 0 Å². The van der Waals surface area contributed by atoms with Gasteiger partial charge in [0, 0.05) is 17.2 Å². The smallest absolute Gasteiger partial charge is 0.341 e. The van der Waals surface area contributed by atoms with Crippen molar-refractivity contribution in [2.75, 3.05) is 39.5 Å². The average Bonchev–Trinajstić information content (AvgIpc) is 2.96. The molecule has 208 valence electrons. The zero-order valence-electron chi connectivity index (χ0n) is 22.6. The molecule has 6 nitrogen and oxygen atoms in total. The van der Waals surface area contributed by atoms with Gasteiger partial charge in [-0.1, -0.05) is 47.7 Å². The largest absolute Gasteiger partial charge is 0.489 e. The number of aliphatic hydroxyl groups excluding tert-OH is 1. The average molecular weight is 560 g/mol. The molecule has 0 radical (unpaired) electrons. The molecule has 0 unspecified atom stereocenters. The van der Waals surface area contributed by atoms with Gasteiger partial charge in [0.2, 0.25) is 0 Å². The topological polar surface area (TPSA) is 79.2 Å². The molecule has 0 aliphatic carbocycles. The molecule has 0 saturated carbocycles. The van der Waals surface area contributed by atoms with Crippen molar-refractivity contribution < 1.29 is 24.5 Å². The summed E-state index contributed by atoms with van der Waals surface area (Å²) in [5, 5.41) is 18.8. The summed E-state index contributed by atoms with van der Waals surface area (Å²) in [5.74, 6) is 7.16. The normalized spacial score (nSPS) is 14.3. The Kier molecular flexibility index (Phi) is 10.7. The molecule has 4 rings (SSSR count). The minimum absolute atomic E-state index is 0.281. The third kappa shape index (κ3) is 8.62. The Morgan fingerprint density at radius 2 is 1.70 bits per heavy atom. The molecule has 0 spiro atoms. The van der Waals surface area contributed by atoms with E-state index >= 15 is 0 Å². The summed E-state index contributed by atoms with van der Waals surface area (Å²) >= 11 is 6.14. The van der Waals surface area contributed by atoms with Gasteiger partial charge in [-0.05, 0) is 110 Å². The number of carbonyl (C=O) groups is 1. The Morgan fingerprint density at radius 1 is 1.02 bits per heavy atom.